The number of aromatic nitrogens is 3. The van der Waals surface area contributed by atoms with Gasteiger partial charge in [-0.3, -0.25) is 5.10 Å². The van der Waals surface area contributed by atoms with Gasteiger partial charge in [-0.25, -0.2) is 18.1 Å². The van der Waals surface area contributed by atoms with Crippen molar-refractivity contribution >= 4 is 21.4 Å². The molecule has 3 N–H and O–H groups in total. The second-order valence-corrected chi connectivity index (χ2v) is 6.87. The van der Waals surface area contributed by atoms with Crippen LogP contribution in [0.3, 0.4) is 0 Å². The number of rotatable bonds is 8. The van der Waals surface area contributed by atoms with E-state index in [1.165, 1.54) is 17.7 Å². The van der Waals surface area contributed by atoms with Gasteiger partial charge in [0.15, 0.2) is 0 Å². The average molecular weight is 315 g/mol. The summed E-state index contributed by atoms with van der Waals surface area (Å²) >= 11 is 1.44. The predicted octanol–water partition coefficient (Wildman–Crippen LogP) is 0.497. The molecular formula is C11H17N5O2S2. The topological polar surface area (TPSA) is 99.8 Å². The first kappa shape index (κ1) is 15.1. The molecule has 0 aliphatic rings. The van der Waals surface area contributed by atoms with E-state index in [2.05, 4.69) is 25.2 Å². The van der Waals surface area contributed by atoms with Crippen molar-refractivity contribution in [3.63, 3.8) is 0 Å². The zero-order valence-corrected chi connectivity index (χ0v) is 12.7. The van der Waals surface area contributed by atoms with Gasteiger partial charge in [-0.2, -0.15) is 5.10 Å². The molecule has 0 fully saturated rings. The summed E-state index contributed by atoms with van der Waals surface area (Å²) in [6.45, 7) is 3.84. The summed E-state index contributed by atoms with van der Waals surface area (Å²) in [5.74, 6) is 0.658. The summed E-state index contributed by atoms with van der Waals surface area (Å²) in [6.07, 6.45) is 1.88. The van der Waals surface area contributed by atoms with Gasteiger partial charge in [0.05, 0.1) is 4.90 Å². The van der Waals surface area contributed by atoms with Gasteiger partial charge in [0.1, 0.15) is 12.2 Å². The van der Waals surface area contributed by atoms with Crippen molar-refractivity contribution in [3.8, 4) is 0 Å². The third-order valence-electron chi connectivity index (χ3n) is 2.61. The minimum absolute atomic E-state index is 0.288. The smallest absolute Gasteiger partial charge is 0.241 e. The third-order valence-corrected chi connectivity index (χ3v) is 5.13. The Kier molecular flexibility index (Phi) is 5.24. The van der Waals surface area contributed by atoms with Gasteiger partial charge in [0, 0.05) is 29.8 Å². The molecule has 0 atom stereocenters. The van der Waals surface area contributed by atoms with E-state index in [1.54, 1.807) is 11.4 Å². The van der Waals surface area contributed by atoms with E-state index >= 15 is 0 Å². The maximum Gasteiger partial charge on any atom is 0.241 e. The van der Waals surface area contributed by atoms with Gasteiger partial charge in [0.2, 0.25) is 10.0 Å². The van der Waals surface area contributed by atoms with Gasteiger partial charge >= 0.3 is 0 Å². The van der Waals surface area contributed by atoms with Crippen LogP contribution < -0.4 is 10.0 Å². The molecule has 9 heteroatoms. The molecule has 2 aromatic rings. The highest BCUT2D eigenvalue weighted by Gasteiger charge is 2.15. The lowest BCUT2D eigenvalue weighted by Crippen LogP contribution is -2.25. The Morgan fingerprint density at radius 3 is 3.00 bits per heavy atom. The molecule has 0 radical (unpaired) electrons. The highest BCUT2D eigenvalue weighted by Crippen LogP contribution is 2.18. The van der Waals surface area contributed by atoms with Crippen LogP contribution in [-0.2, 0) is 23.0 Å². The number of hydrogen-bond donors (Lipinski definition) is 3. The van der Waals surface area contributed by atoms with Crippen LogP contribution in [0, 0.1) is 0 Å². The fourth-order valence-corrected chi connectivity index (χ4v) is 3.86. The second-order valence-electron chi connectivity index (χ2n) is 4.11. The molecule has 0 aliphatic heterocycles. The molecule has 2 rings (SSSR count). The summed E-state index contributed by atoms with van der Waals surface area (Å²) in [5, 5.41) is 11.2. The monoisotopic (exact) mass is 315 g/mol. The first-order valence-corrected chi connectivity index (χ1v) is 8.60. The fourth-order valence-electron chi connectivity index (χ4n) is 1.58. The Bertz CT molecular complexity index is 621. The second kappa shape index (κ2) is 6.93. The van der Waals surface area contributed by atoms with Gasteiger partial charge in [-0.05, 0) is 12.6 Å². The molecule has 0 aliphatic carbocycles. The van der Waals surface area contributed by atoms with Crippen LogP contribution in [0.25, 0.3) is 0 Å². The van der Waals surface area contributed by atoms with Crippen molar-refractivity contribution in [2.45, 2.75) is 24.8 Å². The molecule has 0 amide bonds. The van der Waals surface area contributed by atoms with Crippen LogP contribution in [0.2, 0.25) is 0 Å². The van der Waals surface area contributed by atoms with E-state index in [0.29, 0.717) is 23.7 Å². The molecule has 2 heterocycles. The van der Waals surface area contributed by atoms with Crippen molar-refractivity contribution in [2.75, 3.05) is 13.1 Å². The zero-order chi connectivity index (χ0) is 14.4. The highest BCUT2D eigenvalue weighted by atomic mass is 32.2. The quantitative estimate of drug-likeness (QED) is 0.658. The number of nitrogens with zero attached hydrogens (tertiary/aromatic N) is 2. The van der Waals surface area contributed by atoms with E-state index in [0.717, 1.165) is 11.4 Å². The van der Waals surface area contributed by atoms with Crippen molar-refractivity contribution < 1.29 is 8.42 Å². The lowest BCUT2D eigenvalue weighted by atomic mass is 10.4. The number of hydrogen-bond acceptors (Lipinski definition) is 6. The van der Waals surface area contributed by atoms with Gasteiger partial charge in [-0.15, -0.1) is 11.3 Å². The van der Waals surface area contributed by atoms with Crippen molar-refractivity contribution in [1.29, 1.82) is 0 Å². The largest absolute Gasteiger partial charge is 0.312 e. The van der Waals surface area contributed by atoms with Crippen LogP contribution in [-0.4, -0.2) is 36.7 Å². The molecular weight excluding hydrogens is 298 g/mol. The molecule has 0 bridgehead atoms. The maximum absolute atomic E-state index is 12.1. The molecule has 2 aromatic heterocycles. The lowest BCUT2D eigenvalue weighted by Gasteiger charge is -2.03. The highest BCUT2D eigenvalue weighted by molar-refractivity contribution is 7.89. The van der Waals surface area contributed by atoms with E-state index in [1.807, 2.05) is 6.92 Å². The Labute approximate surface area is 121 Å². The van der Waals surface area contributed by atoms with Crippen LogP contribution in [0.5, 0.6) is 0 Å². The summed E-state index contributed by atoms with van der Waals surface area (Å²) in [5.41, 5.74) is 0. The Balaban J connectivity index is 1.90. The number of sulfonamides is 1. The summed E-state index contributed by atoms with van der Waals surface area (Å²) in [7, 11) is -3.45. The summed E-state index contributed by atoms with van der Waals surface area (Å²) < 4.78 is 26.7. The molecule has 110 valence electrons. The van der Waals surface area contributed by atoms with Crippen LogP contribution in [0.15, 0.2) is 22.7 Å². The molecule has 0 aromatic carbocycles. The first-order valence-electron chi connectivity index (χ1n) is 6.24. The van der Waals surface area contributed by atoms with E-state index in [-0.39, 0.29) is 6.54 Å². The summed E-state index contributed by atoms with van der Waals surface area (Å²) in [4.78, 5) is 5.25. The molecule has 20 heavy (non-hydrogen) atoms. The number of nitrogens with one attached hydrogen (secondary N) is 3. The van der Waals surface area contributed by atoms with Gasteiger partial charge in [-0.1, -0.05) is 6.92 Å². The van der Waals surface area contributed by atoms with Gasteiger partial charge < -0.3 is 5.32 Å². The van der Waals surface area contributed by atoms with Crippen LogP contribution >= 0.6 is 11.3 Å². The minimum atomic E-state index is -3.45. The molecule has 0 spiro atoms. The Morgan fingerprint density at radius 1 is 1.45 bits per heavy atom. The summed E-state index contributed by atoms with van der Waals surface area (Å²) in [6, 6.07) is 1.70. The third kappa shape index (κ3) is 4.10. The van der Waals surface area contributed by atoms with E-state index in [4.69, 9.17) is 0 Å². The maximum atomic E-state index is 12.1. The zero-order valence-electron chi connectivity index (χ0n) is 11.1. The van der Waals surface area contributed by atoms with Crippen molar-refractivity contribution in [3.05, 3.63) is 28.5 Å². The Hall–Kier alpha value is -1.29. The van der Waals surface area contributed by atoms with Crippen LogP contribution in [0.4, 0.5) is 0 Å². The molecule has 0 saturated carbocycles. The first-order chi connectivity index (χ1) is 9.62. The molecule has 0 saturated heterocycles. The van der Waals surface area contributed by atoms with Crippen molar-refractivity contribution in [1.82, 2.24) is 25.2 Å². The predicted molar refractivity (Wildman–Crippen MR) is 77.0 cm³/mol. The van der Waals surface area contributed by atoms with Crippen molar-refractivity contribution in [2.24, 2.45) is 0 Å². The number of H-pyrrole nitrogens is 1. The van der Waals surface area contributed by atoms with E-state index < -0.39 is 10.0 Å². The SMILES string of the molecule is CCNCc1cc(S(=O)(=O)NCCc2ncn[nH]2)cs1. The minimum Gasteiger partial charge on any atom is -0.312 e. The van der Waals surface area contributed by atoms with Gasteiger partial charge in [0.25, 0.3) is 0 Å². The fraction of sp³-hybridized carbons (Fsp3) is 0.455. The average Bonchev–Trinajstić information content (AvgIpc) is 3.07. The molecule has 7 nitrogen and oxygen atoms in total. The number of thiophene rings is 1. The Morgan fingerprint density at radius 2 is 2.30 bits per heavy atom. The normalized spacial score (nSPS) is 11.8. The van der Waals surface area contributed by atoms with E-state index in [9.17, 15) is 8.42 Å². The lowest BCUT2D eigenvalue weighted by molar-refractivity contribution is 0.581. The molecule has 0 unspecified atom stereocenters. The standard InChI is InChI=1S/C11H17N5O2S2/c1-2-12-6-9-5-10(7-19-9)20(17,18)15-4-3-11-13-8-14-16-11/h5,7-8,12,15H,2-4,6H2,1H3,(H,13,14,16). The number of aromatic amines is 1. The van der Waals surface area contributed by atoms with Crippen LogP contribution in [0.1, 0.15) is 17.6 Å².